The summed E-state index contributed by atoms with van der Waals surface area (Å²) in [7, 11) is 0. The average molecular weight is 481 g/mol. The first-order chi connectivity index (χ1) is 15.2. The molecule has 0 radical (unpaired) electrons. The van der Waals surface area contributed by atoms with E-state index in [1.54, 1.807) is 11.0 Å². The highest BCUT2D eigenvalue weighted by Crippen LogP contribution is 2.27. The minimum atomic E-state index is -2.34. The van der Waals surface area contributed by atoms with Gasteiger partial charge in [0.05, 0.1) is 0 Å². The van der Waals surface area contributed by atoms with E-state index in [4.69, 9.17) is 4.74 Å². The molecule has 2 aromatic rings. The van der Waals surface area contributed by atoms with Crippen molar-refractivity contribution in [3.63, 3.8) is 0 Å². The lowest BCUT2D eigenvalue weighted by molar-refractivity contribution is 0.0224. The molecule has 2 heterocycles. The number of alkyl halides is 2. The maximum absolute atomic E-state index is 12.5. The predicted octanol–water partition coefficient (Wildman–Crippen LogP) is 5.48. The topological polar surface area (TPSA) is 58.6 Å². The number of hydrogen-bond donors (Lipinski definition) is 1. The summed E-state index contributed by atoms with van der Waals surface area (Å²) in [4.78, 5) is 24.7. The zero-order valence-corrected chi connectivity index (χ0v) is 20.0. The van der Waals surface area contributed by atoms with Crippen LogP contribution in [0.5, 0.6) is 0 Å². The Morgan fingerprint density at radius 3 is 2.45 bits per heavy atom. The molecule has 0 aliphatic carbocycles. The van der Waals surface area contributed by atoms with E-state index < -0.39 is 12.0 Å². The highest BCUT2D eigenvalue weighted by molar-refractivity contribution is 5.85. The molecule has 0 saturated carbocycles. The number of carbonyl (C=O) groups excluding carboxylic acids is 2. The van der Waals surface area contributed by atoms with Crippen molar-refractivity contribution in [1.29, 1.82) is 0 Å². The number of fused-ring (bicyclic) bond motifs is 2. The van der Waals surface area contributed by atoms with Crippen LogP contribution in [0.1, 0.15) is 65.4 Å². The molecule has 33 heavy (non-hydrogen) atoms. The van der Waals surface area contributed by atoms with Crippen LogP contribution in [-0.4, -0.2) is 36.0 Å². The number of rotatable bonds is 2. The summed E-state index contributed by atoms with van der Waals surface area (Å²) < 4.78 is 30.4. The molecular weight excluding hydrogens is 450 g/mol. The van der Waals surface area contributed by atoms with Crippen LogP contribution in [0.25, 0.3) is 0 Å². The summed E-state index contributed by atoms with van der Waals surface area (Å²) in [6.07, 6.45) is -0.343. The Labute approximate surface area is 199 Å². The summed E-state index contributed by atoms with van der Waals surface area (Å²) in [6.45, 7) is 8.18. The number of nitrogens with zero attached hydrogens (tertiary/aromatic N) is 1. The van der Waals surface area contributed by atoms with Crippen molar-refractivity contribution in [2.24, 2.45) is 0 Å². The predicted molar refractivity (Wildman–Crippen MR) is 126 cm³/mol. The Balaban J connectivity index is 0.000000241. The Bertz CT molecular complexity index is 977. The summed E-state index contributed by atoms with van der Waals surface area (Å²) >= 11 is 0. The van der Waals surface area contributed by atoms with Crippen molar-refractivity contribution < 1.29 is 23.1 Å². The molecule has 1 amide bonds. The van der Waals surface area contributed by atoms with Crippen LogP contribution in [0.2, 0.25) is 0 Å². The second-order valence-electron chi connectivity index (χ2n) is 8.97. The van der Waals surface area contributed by atoms with Crippen molar-refractivity contribution >= 4 is 24.8 Å². The highest BCUT2D eigenvalue weighted by Gasteiger charge is 2.26. The summed E-state index contributed by atoms with van der Waals surface area (Å²) in [5.74, 6) is 0. The van der Waals surface area contributed by atoms with Gasteiger partial charge in [-0.15, -0.1) is 12.4 Å². The second kappa shape index (κ2) is 11.6. The molecule has 4 rings (SSSR count). The van der Waals surface area contributed by atoms with Gasteiger partial charge in [0, 0.05) is 30.8 Å². The molecule has 1 N–H and O–H groups in total. The molecule has 2 aliphatic heterocycles. The molecule has 0 fully saturated rings. The maximum Gasteiger partial charge on any atom is 0.410 e. The molecule has 5 nitrogen and oxygen atoms in total. The van der Waals surface area contributed by atoms with Gasteiger partial charge in [0.15, 0.2) is 0 Å². The Hall–Kier alpha value is -2.51. The van der Waals surface area contributed by atoms with Gasteiger partial charge in [-0.1, -0.05) is 36.4 Å². The first-order valence-corrected chi connectivity index (χ1v) is 10.8. The van der Waals surface area contributed by atoms with E-state index >= 15 is 0 Å². The molecule has 2 aromatic carbocycles. The van der Waals surface area contributed by atoms with Gasteiger partial charge >= 0.3 is 6.09 Å². The maximum atomic E-state index is 12.5. The van der Waals surface area contributed by atoms with Crippen LogP contribution in [0, 0.1) is 0 Å². The number of hydrogen-bond acceptors (Lipinski definition) is 4. The van der Waals surface area contributed by atoms with E-state index in [1.165, 1.54) is 6.07 Å². The Morgan fingerprint density at radius 2 is 1.79 bits per heavy atom. The third-order valence-electron chi connectivity index (χ3n) is 5.49. The van der Waals surface area contributed by atoms with E-state index in [0.29, 0.717) is 19.5 Å². The van der Waals surface area contributed by atoms with Gasteiger partial charge in [0.25, 0.3) is 6.43 Å². The monoisotopic (exact) mass is 480 g/mol. The lowest BCUT2D eigenvalue weighted by Crippen LogP contribution is -2.40. The zero-order chi connectivity index (χ0) is 23.3. The molecule has 0 spiro atoms. The zero-order valence-electron chi connectivity index (χ0n) is 19.2. The van der Waals surface area contributed by atoms with Crippen LogP contribution < -0.4 is 5.32 Å². The fourth-order valence-electron chi connectivity index (χ4n) is 4.00. The standard InChI is InChI=1S/C15H19NO3.C10H11F2N.ClH/c1-15(2,3)19-14(18)16-8-7-13-11(9-16)5-4-6-12(13)10-17;11-10(12)9-3-1-2-7-6-13-5-4-8(7)9;/h4-6,10H,7-9H2,1-3H3;1-3,10,13H,4-6H2;1H. The first-order valence-electron chi connectivity index (χ1n) is 10.8. The molecule has 8 heteroatoms. The number of ether oxygens (including phenoxy) is 1. The summed E-state index contributed by atoms with van der Waals surface area (Å²) in [5.41, 5.74) is 4.39. The van der Waals surface area contributed by atoms with E-state index in [2.05, 4.69) is 5.32 Å². The molecular formula is C25H31ClF2N2O3. The summed E-state index contributed by atoms with van der Waals surface area (Å²) in [6, 6.07) is 10.8. The number of aldehydes is 1. The average Bonchev–Trinajstić information content (AvgIpc) is 2.77. The fourth-order valence-corrected chi connectivity index (χ4v) is 4.00. The van der Waals surface area contributed by atoms with Crippen LogP contribution in [-0.2, 0) is 30.7 Å². The van der Waals surface area contributed by atoms with E-state index in [9.17, 15) is 18.4 Å². The van der Waals surface area contributed by atoms with Crippen molar-refractivity contribution in [2.75, 3.05) is 13.1 Å². The van der Waals surface area contributed by atoms with Gasteiger partial charge in [0.2, 0.25) is 0 Å². The van der Waals surface area contributed by atoms with Crippen LogP contribution in [0.4, 0.5) is 13.6 Å². The molecule has 0 unspecified atom stereocenters. The SMILES string of the molecule is CC(C)(C)OC(=O)N1CCc2c(C=O)cccc2C1.Cl.FC(F)c1cccc2c1CCNC2. The lowest BCUT2D eigenvalue weighted by Gasteiger charge is -2.31. The van der Waals surface area contributed by atoms with Gasteiger partial charge in [-0.05, 0) is 62.4 Å². The number of halogens is 3. The van der Waals surface area contributed by atoms with Crippen LogP contribution >= 0.6 is 12.4 Å². The fraction of sp³-hybridized carbons (Fsp3) is 0.440. The number of benzene rings is 2. The molecule has 0 aromatic heterocycles. The third kappa shape index (κ3) is 6.98. The van der Waals surface area contributed by atoms with Gasteiger partial charge < -0.3 is 15.0 Å². The lowest BCUT2D eigenvalue weighted by atomic mass is 9.95. The Kier molecular flexibility index (Phi) is 9.37. The normalized spacial score (nSPS) is 14.8. The van der Waals surface area contributed by atoms with Gasteiger partial charge in [-0.25, -0.2) is 13.6 Å². The molecule has 180 valence electrons. The first kappa shape index (κ1) is 26.7. The smallest absolute Gasteiger partial charge is 0.410 e. The minimum absolute atomic E-state index is 0. The summed E-state index contributed by atoms with van der Waals surface area (Å²) in [5, 5.41) is 3.16. The molecule has 2 aliphatic rings. The third-order valence-corrected chi connectivity index (χ3v) is 5.49. The van der Waals surface area contributed by atoms with E-state index in [1.807, 2.05) is 45.0 Å². The van der Waals surface area contributed by atoms with E-state index in [-0.39, 0.29) is 24.1 Å². The van der Waals surface area contributed by atoms with Crippen LogP contribution in [0.15, 0.2) is 36.4 Å². The molecule has 0 bridgehead atoms. The minimum Gasteiger partial charge on any atom is -0.444 e. The van der Waals surface area contributed by atoms with Crippen LogP contribution in [0.3, 0.4) is 0 Å². The van der Waals surface area contributed by atoms with Gasteiger partial charge in [0.1, 0.15) is 11.9 Å². The largest absolute Gasteiger partial charge is 0.444 e. The highest BCUT2D eigenvalue weighted by atomic mass is 35.5. The quantitative estimate of drug-likeness (QED) is 0.578. The Morgan fingerprint density at radius 1 is 1.09 bits per heavy atom. The molecule has 0 saturated heterocycles. The number of amides is 1. The van der Waals surface area contributed by atoms with E-state index in [0.717, 1.165) is 53.6 Å². The van der Waals surface area contributed by atoms with Crippen molar-refractivity contribution in [2.45, 2.75) is 58.7 Å². The van der Waals surface area contributed by atoms with Gasteiger partial charge in [-0.3, -0.25) is 4.79 Å². The number of carbonyl (C=O) groups is 2. The van der Waals surface area contributed by atoms with Crippen molar-refractivity contribution in [3.8, 4) is 0 Å². The molecule has 0 atom stereocenters. The van der Waals surface area contributed by atoms with Crippen molar-refractivity contribution in [3.05, 3.63) is 69.8 Å². The van der Waals surface area contributed by atoms with Gasteiger partial charge in [-0.2, -0.15) is 0 Å². The number of nitrogens with one attached hydrogen (secondary N) is 1. The second-order valence-corrected chi connectivity index (χ2v) is 8.97. The van der Waals surface area contributed by atoms with Crippen molar-refractivity contribution in [1.82, 2.24) is 10.2 Å².